The average molecular weight is 334 g/mol. The number of aromatic nitrogens is 2. The van der Waals surface area contributed by atoms with Gasteiger partial charge in [-0.3, -0.25) is 14.8 Å². The lowest BCUT2D eigenvalue weighted by Crippen LogP contribution is -2.67. The third-order valence-electron chi connectivity index (χ3n) is 5.54. The van der Waals surface area contributed by atoms with E-state index in [1.807, 2.05) is 12.1 Å². The van der Waals surface area contributed by atoms with Crippen molar-refractivity contribution in [3.63, 3.8) is 0 Å². The lowest BCUT2D eigenvalue weighted by Gasteiger charge is -2.56. The van der Waals surface area contributed by atoms with Crippen LogP contribution in [0.15, 0.2) is 47.0 Å². The summed E-state index contributed by atoms with van der Waals surface area (Å²) in [6, 6.07) is 15.7. The van der Waals surface area contributed by atoms with E-state index in [1.165, 1.54) is 12.1 Å². The van der Waals surface area contributed by atoms with Gasteiger partial charge in [-0.05, 0) is 37.6 Å². The Balaban J connectivity index is 1.26. The molecule has 5 nitrogen and oxygen atoms in total. The van der Waals surface area contributed by atoms with Gasteiger partial charge in [-0.2, -0.15) is 0 Å². The van der Waals surface area contributed by atoms with E-state index in [2.05, 4.69) is 57.2 Å². The zero-order valence-electron chi connectivity index (χ0n) is 14.4. The van der Waals surface area contributed by atoms with E-state index in [-0.39, 0.29) is 0 Å². The number of para-hydroxylation sites is 1. The second kappa shape index (κ2) is 5.93. The van der Waals surface area contributed by atoms with Gasteiger partial charge in [0.1, 0.15) is 5.69 Å². The molecule has 0 spiro atoms. The molecule has 3 aliphatic rings. The van der Waals surface area contributed by atoms with E-state index < -0.39 is 0 Å². The quantitative estimate of drug-likeness (QED) is 0.734. The van der Waals surface area contributed by atoms with Gasteiger partial charge < -0.3 is 4.52 Å². The minimum atomic E-state index is 0.624. The summed E-state index contributed by atoms with van der Waals surface area (Å²) >= 11 is 0. The van der Waals surface area contributed by atoms with Crippen LogP contribution in [0.4, 0.5) is 0 Å². The molecule has 2 unspecified atom stereocenters. The Morgan fingerprint density at radius 3 is 2.72 bits per heavy atom. The zero-order chi connectivity index (χ0) is 16.8. The molecule has 128 valence electrons. The molecule has 2 bridgehead atoms. The highest BCUT2D eigenvalue weighted by molar-refractivity contribution is 5.79. The van der Waals surface area contributed by atoms with Crippen molar-refractivity contribution in [1.82, 2.24) is 19.9 Å². The molecule has 2 atom stereocenters. The molecule has 0 N–H and O–H groups in total. The van der Waals surface area contributed by atoms with Gasteiger partial charge in [0.2, 0.25) is 0 Å². The zero-order valence-corrected chi connectivity index (χ0v) is 14.4. The van der Waals surface area contributed by atoms with Crippen LogP contribution in [0.5, 0.6) is 0 Å². The standard InChI is InChI=1S/C20H22N4O/c1-14-5-4-6-15(21-14)10-23-11-16-9-17(12-23)24(16)13-19-18-7-2-3-8-20(18)25-22-19/h2-8,16-17H,9-13H2,1H3. The summed E-state index contributed by atoms with van der Waals surface area (Å²) in [6.07, 6.45) is 1.30. The van der Waals surface area contributed by atoms with Crippen molar-refractivity contribution in [2.24, 2.45) is 0 Å². The molecule has 6 rings (SSSR count). The van der Waals surface area contributed by atoms with Crippen molar-refractivity contribution in [3.05, 3.63) is 59.5 Å². The van der Waals surface area contributed by atoms with Crippen molar-refractivity contribution in [2.75, 3.05) is 13.1 Å². The number of hydrogen-bond donors (Lipinski definition) is 0. The van der Waals surface area contributed by atoms with Crippen LogP contribution in [0.2, 0.25) is 0 Å². The van der Waals surface area contributed by atoms with E-state index in [0.717, 1.165) is 48.5 Å². The number of aryl methyl sites for hydroxylation is 1. The molecule has 5 heteroatoms. The van der Waals surface area contributed by atoms with E-state index in [1.54, 1.807) is 0 Å². The predicted octanol–water partition coefficient (Wildman–Crippen LogP) is 2.99. The van der Waals surface area contributed by atoms with Gasteiger partial charge in [-0.25, -0.2) is 0 Å². The molecule has 0 radical (unpaired) electrons. The lowest BCUT2D eigenvalue weighted by atomic mass is 9.87. The summed E-state index contributed by atoms with van der Waals surface area (Å²) in [4.78, 5) is 9.77. The molecule has 0 aliphatic carbocycles. The first kappa shape index (κ1) is 15.0. The molecule has 0 amide bonds. The maximum absolute atomic E-state index is 5.46. The summed E-state index contributed by atoms with van der Waals surface area (Å²) in [5.41, 5.74) is 4.23. The SMILES string of the molecule is Cc1cccc(CN2CC3CC(C2)N3Cc2noc3ccccc23)n1. The Kier molecular flexibility index (Phi) is 3.57. The average Bonchev–Trinajstić information content (AvgIpc) is 3.03. The van der Waals surface area contributed by atoms with Gasteiger partial charge in [-0.15, -0.1) is 0 Å². The first-order valence-corrected chi connectivity index (χ1v) is 9.00. The second-order valence-electron chi connectivity index (χ2n) is 7.31. The lowest BCUT2D eigenvalue weighted by molar-refractivity contribution is -0.0784. The minimum Gasteiger partial charge on any atom is -0.356 e. The second-order valence-corrected chi connectivity index (χ2v) is 7.31. The monoisotopic (exact) mass is 334 g/mol. The van der Waals surface area contributed by atoms with Crippen molar-refractivity contribution in [2.45, 2.75) is 38.5 Å². The smallest absolute Gasteiger partial charge is 0.167 e. The third-order valence-corrected chi connectivity index (χ3v) is 5.54. The number of rotatable bonds is 4. The number of nitrogens with zero attached hydrogens (tertiary/aromatic N) is 4. The Labute approximate surface area is 147 Å². The number of piperazine rings is 1. The van der Waals surface area contributed by atoms with E-state index in [9.17, 15) is 0 Å². The highest BCUT2D eigenvalue weighted by Crippen LogP contribution is 2.35. The van der Waals surface area contributed by atoms with Crippen molar-refractivity contribution in [3.8, 4) is 0 Å². The van der Waals surface area contributed by atoms with Crippen LogP contribution < -0.4 is 0 Å². The van der Waals surface area contributed by atoms with E-state index in [4.69, 9.17) is 4.52 Å². The van der Waals surface area contributed by atoms with Crippen LogP contribution in [-0.4, -0.2) is 45.1 Å². The molecule has 1 aromatic carbocycles. The van der Waals surface area contributed by atoms with Crippen LogP contribution in [-0.2, 0) is 13.1 Å². The maximum atomic E-state index is 5.46. The Bertz CT molecular complexity index is 893. The normalized spacial score (nSPS) is 23.7. The number of benzene rings is 1. The fraction of sp³-hybridized carbons (Fsp3) is 0.400. The summed E-state index contributed by atoms with van der Waals surface area (Å²) in [7, 11) is 0. The minimum absolute atomic E-state index is 0.624. The van der Waals surface area contributed by atoms with Crippen LogP contribution in [0.25, 0.3) is 11.0 Å². The van der Waals surface area contributed by atoms with Gasteiger partial charge in [0.15, 0.2) is 5.58 Å². The van der Waals surface area contributed by atoms with Crippen molar-refractivity contribution >= 4 is 11.0 Å². The summed E-state index contributed by atoms with van der Waals surface area (Å²) < 4.78 is 5.46. The van der Waals surface area contributed by atoms with Crippen molar-refractivity contribution in [1.29, 1.82) is 0 Å². The molecule has 3 aliphatic heterocycles. The third kappa shape index (κ3) is 2.73. The molecule has 3 saturated heterocycles. The van der Waals surface area contributed by atoms with Gasteiger partial charge in [0.05, 0.1) is 5.69 Å². The number of pyridine rings is 1. The molecule has 3 fully saturated rings. The molecule has 0 saturated carbocycles. The fourth-order valence-electron chi connectivity index (χ4n) is 4.30. The largest absolute Gasteiger partial charge is 0.356 e. The molecular formula is C20H22N4O. The van der Waals surface area contributed by atoms with Crippen LogP contribution in [0.3, 0.4) is 0 Å². The molecule has 2 aromatic heterocycles. The molecule has 3 aromatic rings. The highest BCUT2D eigenvalue weighted by atomic mass is 16.5. The Morgan fingerprint density at radius 1 is 1.04 bits per heavy atom. The maximum Gasteiger partial charge on any atom is 0.167 e. The summed E-state index contributed by atoms with van der Waals surface area (Å²) in [6.45, 7) is 6.13. The molecule has 25 heavy (non-hydrogen) atoms. The number of fused-ring (bicyclic) bond motifs is 3. The number of hydrogen-bond acceptors (Lipinski definition) is 5. The summed E-state index contributed by atoms with van der Waals surface area (Å²) in [5.74, 6) is 0. The van der Waals surface area contributed by atoms with E-state index >= 15 is 0 Å². The summed E-state index contributed by atoms with van der Waals surface area (Å²) in [5, 5.41) is 5.45. The van der Waals surface area contributed by atoms with Gasteiger partial charge in [0.25, 0.3) is 0 Å². The predicted molar refractivity (Wildman–Crippen MR) is 96.0 cm³/mol. The van der Waals surface area contributed by atoms with Crippen molar-refractivity contribution < 1.29 is 4.52 Å². The Morgan fingerprint density at radius 2 is 1.88 bits per heavy atom. The number of piperidine rings is 1. The van der Waals surface area contributed by atoms with E-state index in [0.29, 0.717) is 12.1 Å². The Hall–Kier alpha value is -2.24. The van der Waals surface area contributed by atoms with Gasteiger partial charge in [0, 0.05) is 49.3 Å². The van der Waals surface area contributed by atoms with Crippen LogP contribution in [0, 0.1) is 6.92 Å². The fourth-order valence-corrected chi connectivity index (χ4v) is 4.30. The van der Waals surface area contributed by atoms with Gasteiger partial charge in [-0.1, -0.05) is 23.4 Å². The first-order valence-electron chi connectivity index (χ1n) is 9.00. The highest BCUT2D eigenvalue weighted by Gasteiger charge is 2.44. The molecule has 5 heterocycles. The first-order chi connectivity index (χ1) is 12.3. The molecular weight excluding hydrogens is 312 g/mol. The van der Waals surface area contributed by atoms with Gasteiger partial charge >= 0.3 is 0 Å². The topological polar surface area (TPSA) is 45.4 Å². The van der Waals surface area contributed by atoms with Crippen LogP contribution >= 0.6 is 0 Å². The van der Waals surface area contributed by atoms with Crippen LogP contribution in [0.1, 0.15) is 23.5 Å².